The van der Waals surface area contributed by atoms with E-state index in [-0.39, 0.29) is 23.2 Å². The number of benzene rings is 1. The number of piperazine rings is 1. The lowest BCUT2D eigenvalue weighted by atomic mass is 9.95. The van der Waals surface area contributed by atoms with Crippen molar-refractivity contribution in [2.24, 2.45) is 5.92 Å². The predicted octanol–water partition coefficient (Wildman–Crippen LogP) is 3.89. The fourth-order valence-corrected chi connectivity index (χ4v) is 2.84. The molecule has 0 spiro atoms. The van der Waals surface area contributed by atoms with E-state index in [9.17, 15) is 4.39 Å². The van der Waals surface area contributed by atoms with Gasteiger partial charge in [-0.25, -0.2) is 4.39 Å². The van der Waals surface area contributed by atoms with Crippen LogP contribution in [0.2, 0.25) is 5.02 Å². The van der Waals surface area contributed by atoms with Gasteiger partial charge in [0.15, 0.2) is 0 Å². The fourth-order valence-electron chi connectivity index (χ4n) is 2.66. The molecule has 5 heteroatoms. The standard InChI is InChI=1S/C15H22ClFN2.ClH/c1-11(2)9-15(19-7-5-18-6-8-19)12-3-4-14(17)13(16)10-12;/h3-4,10-11,15,18H,5-9H2,1-2H3;1H/t15-;/m0./s1. The summed E-state index contributed by atoms with van der Waals surface area (Å²) in [4.78, 5) is 2.47. The molecule has 0 unspecified atom stereocenters. The molecule has 2 nitrogen and oxygen atoms in total. The Labute approximate surface area is 132 Å². The van der Waals surface area contributed by atoms with E-state index in [2.05, 4.69) is 24.1 Å². The molecule has 1 aliphatic heterocycles. The van der Waals surface area contributed by atoms with Gasteiger partial charge in [0.05, 0.1) is 5.02 Å². The van der Waals surface area contributed by atoms with E-state index in [1.54, 1.807) is 6.07 Å². The molecule has 0 amide bonds. The van der Waals surface area contributed by atoms with Gasteiger partial charge >= 0.3 is 0 Å². The van der Waals surface area contributed by atoms with Crippen LogP contribution in [0.4, 0.5) is 4.39 Å². The van der Waals surface area contributed by atoms with E-state index in [0.29, 0.717) is 12.0 Å². The van der Waals surface area contributed by atoms with Crippen LogP contribution in [0.3, 0.4) is 0 Å². The van der Waals surface area contributed by atoms with Crippen LogP contribution in [0.5, 0.6) is 0 Å². The maximum absolute atomic E-state index is 13.3. The van der Waals surface area contributed by atoms with Gasteiger partial charge in [-0.15, -0.1) is 12.4 Å². The highest BCUT2D eigenvalue weighted by molar-refractivity contribution is 6.30. The van der Waals surface area contributed by atoms with Gasteiger partial charge in [0.2, 0.25) is 0 Å². The minimum Gasteiger partial charge on any atom is -0.314 e. The molecule has 1 heterocycles. The second-order valence-corrected chi connectivity index (χ2v) is 6.01. The van der Waals surface area contributed by atoms with Gasteiger partial charge in [0.1, 0.15) is 5.82 Å². The first-order chi connectivity index (χ1) is 9.08. The van der Waals surface area contributed by atoms with Gasteiger partial charge in [-0.1, -0.05) is 31.5 Å². The second kappa shape index (κ2) is 8.18. The molecule has 1 saturated heterocycles. The molecule has 20 heavy (non-hydrogen) atoms. The summed E-state index contributed by atoms with van der Waals surface area (Å²) < 4.78 is 13.3. The summed E-state index contributed by atoms with van der Waals surface area (Å²) in [6.45, 7) is 8.55. The zero-order valence-corrected chi connectivity index (χ0v) is 13.6. The molecule has 1 aromatic carbocycles. The monoisotopic (exact) mass is 320 g/mol. The number of halogens is 3. The van der Waals surface area contributed by atoms with E-state index < -0.39 is 0 Å². The Morgan fingerprint density at radius 2 is 1.95 bits per heavy atom. The fraction of sp³-hybridized carbons (Fsp3) is 0.600. The Morgan fingerprint density at radius 3 is 2.50 bits per heavy atom. The number of hydrogen-bond donors (Lipinski definition) is 1. The van der Waals surface area contributed by atoms with Gasteiger partial charge in [-0.2, -0.15) is 0 Å². The molecule has 1 aliphatic rings. The third-order valence-electron chi connectivity index (χ3n) is 3.62. The van der Waals surface area contributed by atoms with Crippen molar-refractivity contribution in [2.75, 3.05) is 26.2 Å². The maximum Gasteiger partial charge on any atom is 0.141 e. The normalized spacial score (nSPS) is 17.9. The third kappa shape index (κ3) is 4.59. The third-order valence-corrected chi connectivity index (χ3v) is 3.91. The van der Waals surface area contributed by atoms with Crippen LogP contribution in [0.15, 0.2) is 18.2 Å². The van der Waals surface area contributed by atoms with Crippen molar-refractivity contribution in [1.29, 1.82) is 0 Å². The van der Waals surface area contributed by atoms with Crippen LogP contribution in [-0.4, -0.2) is 31.1 Å². The zero-order chi connectivity index (χ0) is 13.8. The van der Waals surface area contributed by atoms with Gasteiger partial charge in [-0.3, -0.25) is 4.90 Å². The van der Waals surface area contributed by atoms with Gasteiger partial charge in [0.25, 0.3) is 0 Å². The quantitative estimate of drug-likeness (QED) is 0.905. The van der Waals surface area contributed by atoms with Crippen molar-refractivity contribution in [3.63, 3.8) is 0 Å². The van der Waals surface area contributed by atoms with Crippen molar-refractivity contribution >= 4 is 24.0 Å². The second-order valence-electron chi connectivity index (χ2n) is 5.60. The smallest absolute Gasteiger partial charge is 0.141 e. The van der Waals surface area contributed by atoms with Gasteiger partial charge in [-0.05, 0) is 30.0 Å². The lowest BCUT2D eigenvalue weighted by Gasteiger charge is -2.36. The number of hydrogen-bond acceptors (Lipinski definition) is 2. The lowest BCUT2D eigenvalue weighted by Crippen LogP contribution is -2.45. The molecule has 1 atom stereocenters. The number of nitrogens with zero attached hydrogens (tertiary/aromatic N) is 1. The van der Waals surface area contributed by atoms with E-state index in [1.807, 2.05) is 6.07 Å². The van der Waals surface area contributed by atoms with Gasteiger partial charge in [0, 0.05) is 32.2 Å². The summed E-state index contributed by atoms with van der Waals surface area (Å²) in [6.07, 6.45) is 1.07. The predicted molar refractivity (Wildman–Crippen MR) is 85.3 cm³/mol. The molecular weight excluding hydrogens is 298 g/mol. The molecule has 0 aromatic heterocycles. The van der Waals surface area contributed by atoms with E-state index >= 15 is 0 Å². The highest BCUT2D eigenvalue weighted by atomic mass is 35.5. The first-order valence-electron chi connectivity index (χ1n) is 6.97. The molecule has 0 radical (unpaired) electrons. The highest BCUT2D eigenvalue weighted by Crippen LogP contribution is 2.30. The van der Waals surface area contributed by atoms with E-state index in [0.717, 1.165) is 38.2 Å². The van der Waals surface area contributed by atoms with E-state index in [4.69, 9.17) is 11.6 Å². The lowest BCUT2D eigenvalue weighted by molar-refractivity contribution is 0.154. The Morgan fingerprint density at radius 1 is 1.30 bits per heavy atom. The number of nitrogens with one attached hydrogen (secondary N) is 1. The van der Waals surface area contributed by atoms with Crippen LogP contribution in [0.25, 0.3) is 0 Å². The molecule has 1 aromatic rings. The molecule has 114 valence electrons. The first kappa shape index (κ1) is 17.7. The zero-order valence-electron chi connectivity index (χ0n) is 12.0. The molecule has 1 N–H and O–H groups in total. The molecule has 0 saturated carbocycles. The Bertz CT molecular complexity index is 420. The maximum atomic E-state index is 13.3. The van der Waals surface area contributed by atoms with Crippen LogP contribution >= 0.6 is 24.0 Å². The summed E-state index contributed by atoms with van der Waals surface area (Å²) in [5.74, 6) is 0.262. The Balaban J connectivity index is 0.00000200. The van der Waals surface area contributed by atoms with Gasteiger partial charge < -0.3 is 5.32 Å². The van der Waals surface area contributed by atoms with Crippen molar-refractivity contribution in [1.82, 2.24) is 10.2 Å². The summed E-state index contributed by atoms with van der Waals surface area (Å²) in [5.41, 5.74) is 1.13. The first-order valence-corrected chi connectivity index (χ1v) is 7.35. The average molecular weight is 321 g/mol. The van der Waals surface area contributed by atoms with Crippen molar-refractivity contribution in [3.05, 3.63) is 34.6 Å². The Hall–Kier alpha value is -0.350. The van der Waals surface area contributed by atoms with Crippen LogP contribution in [0.1, 0.15) is 31.9 Å². The minimum atomic E-state index is -0.339. The largest absolute Gasteiger partial charge is 0.314 e. The summed E-state index contributed by atoms with van der Waals surface area (Å²) in [5, 5.41) is 3.59. The number of rotatable bonds is 4. The molecular formula is C15H23Cl2FN2. The van der Waals surface area contributed by atoms with Crippen LogP contribution < -0.4 is 5.32 Å². The molecule has 1 fully saturated rings. The average Bonchev–Trinajstić information content (AvgIpc) is 2.40. The summed E-state index contributed by atoms with van der Waals surface area (Å²) in [6, 6.07) is 5.47. The molecule has 0 bridgehead atoms. The van der Waals surface area contributed by atoms with Crippen molar-refractivity contribution < 1.29 is 4.39 Å². The topological polar surface area (TPSA) is 15.3 Å². The molecule has 2 rings (SSSR count). The summed E-state index contributed by atoms with van der Waals surface area (Å²) >= 11 is 5.93. The Kier molecular flexibility index (Phi) is 7.24. The summed E-state index contributed by atoms with van der Waals surface area (Å²) in [7, 11) is 0. The minimum absolute atomic E-state index is 0. The van der Waals surface area contributed by atoms with Crippen molar-refractivity contribution in [3.8, 4) is 0 Å². The highest BCUT2D eigenvalue weighted by Gasteiger charge is 2.23. The molecule has 0 aliphatic carbocycles. The SMILES string of the molecule is CC(C)C[C@@H](c1ccc(F)c(Cl)c1)N1CCNCC1.Cl. The van der Waals surface area contributed by atoms with E-state index in [1.165, 1.54) is 6.07 Å². The van der Waals surface area contributed by atoms with Crippen LogP contribution in [-0.2, 0) is 0 Å². The van der Waals surface area contributed by atoms with Crippen LogP contribution in [0, 0.1) is 11.7 Å². The van der Waals surface area contributed by atoms with Crippen molar-refractivity contribution in [2.45, 2.75) is 26.3 Å².